The highest BCUT2D eigenvalue weighted by Gasteiger charge is 1.99. The third-order valence-electron chi connectivity index (χ3n) is 1.82. The predicted molar refractivity (Wildman–Crippen MR) is 61.4 cm³/mol. The minimum atomic E-state index is -1.93. The summed E-state index contributed by atoms with van der Waals surface area (Å²) in [5.74, 6) is 0. The summed E-state index contributed by atoms with van der Waals surface area (Å²) in [6.45, 7) is 1.21. The Bertz CT molecular complexity index is 824. The second-order valence-electron chi connectivity index (χ2n) is 2.76. The summed E-state index contributed by atoms with van der Waals surface area (Å²) in [4.78, 5) is 12.1. The largest absolute Gasteiger partial charge is 0.284 e. The van der Waals surface area contributed by atoms with Crippen molar-refractivity contribution in [1.82, 2.24) is 4.57 Å². The van der Waals surface area contributed by atoms with Crippen LogP contribution in [0.15, 0.2) is 53.3 Å². The average Bonchev–Trinajstić information content (AvgIpc) is 2.45. The van der Waals surface area contributed by atoms with Crippen LogP contribution in [0.3, 0.4) is 0 Å². The van der Waals surface area contributed by atoms with Gasteiger partial charge in [0.05, 0.1) is 8.22 Å². The van der Waals surface area contributed by atoms with E-state index in [1.54, 1.807) is 0 Å². The van der Waals surface area contributed by atoms with Gasteiger partial charge in [-0.15, -0.1) is 0 Å². The van der Waals surface area contributed by atoms with Gasteiger partial charge in [0, 0.05) is 20.7 Å². The molecule has 0 saturated carbocycles. The number of hydrogen-bond donors (Lipinski definition) is 0. The smallest absolute Gasteiger partial charge is 0.255 e. The fraction of sp³-hybridized carbons (Fsp3) is 0.154. The third kappa shape index (κ3) is 1.99. The minimum Gasteiger partial charge on any atom is -0.284 e. The maximum absolute atomic E-state index is 12.1. The standard InChI is InChI=1S/C13H13NO/c1-2-11-8-9-13(15)14(10-11)12-6-4-3-5-7-12/h3-10H,2H2,1H3/i2D2,3D,4D,5D,6D,7D,10D. The van der Waals surface area contributed by atoms with Crippen molar-refractivity contribution in [2.24, 2.45) is 0 Å². The van der Waals surface area contributed by atoms with Gasteiger partial charge < -0.3 is 0 Å². The molecule has 2 rings (SSSR count). The molecule has 0 saturated heterocycles. The molecule has 0 bridgehead atoms. The van der Waals surface area contributed by atoms with Crippen LogP contribution in [0.2, 0.25) is 0 Å². The number of aromatic nitrogens is 1. The summed E-state index contributed by atoms with van der Waals surface area (Å²) < 4.78 is 62.7. The Morgan fingerprint density at radius 2 is 2.07 bits per heavy atom. The fourth-order valence-corrected chi connectivity index (χ4v) is 1.10. The zero-order chi connectivity index (χ0) is 17.7. The van der Waals surface area contributed by atoms with Crippen molar-refractivity contribution in [3.63, 3.8) is 0 Å². The summed E-state index contributed by atoms with van der Waals surface area (Å²) in [6, 6.07) is -0.938. The Hall–Kier alpha value is -1.83. The van der Waals surface area contributed by atoms with Gasteiger partial charge in [-0.3, -0.25) is 9.36 Å². The normalized spacial score (nSPS) is 18.7. The van der Waals surface area contributed by atoms with Crippen LogP contribution in [-0.2, 0) is 6.37 Å². The number of hydrogen-bond acceptors (Lipinski definition) is 1. The van der Waals surface area contributed by atoms with Crippen LogP contribution in [0.4, 0.5) is 0 Å². The maximum Gasteiger partial charge on any atom is 0.255 e. The van der Waals surface area contributed by atoms with Crippen molar-refractivity contribution in [2.75, 3.05) is 0 Å². The molecule has 0 spiro atoms. The number of nitrogens with zero attached hydrogens (tertiary/aromatic N) is 1. The van der Waals surface area contributed by atoms with E-state index in [4.69, 9.17) is 11.0 Å². The molecular formula is C13H13NO. The summed E-state index contributed by atoms with van der Waals surface area (Å²) >= 11 is 0. The lowest BCUT2D eigenvalue weighted by atomic mass is 10.2. The van der Waals surface area contributed by atoms with Gasteiger partial charge in [0.15, 0.2) is 0 Å². The van der Waals surface area contributed by atoms with Crippen molar-refractivity contribution >= 4 is 0 Å². The summed E-state index contributed by atoms with van der Waals surface area (Å²) in [5, 5.41) is 0. The van der Waals surface area contributed by atoms with Crippen molar-refractivity contribution in [1.29, 1.82) is 0 Å². The Kier molecular flexibility index (Phi) is 1.09. The Morgan fingerprint density at radius 3 is 2.73 bits per heavy atom. The molecule has 0 N–H and O–H groups in total. The second kappa shape index (κ2) is 4.13. The van der Waals surface area contributed by atoms with Crippen LogP contribution >= 0.6 is 0 Å². The predicted octanol–water partition coefficient (Wildman–Crippen LogP) is 2.40. The third-order valence-corrected chi connectivity index (χ3v) is 1.82. The van der Waals surface area contributed by atoms with Crippen molar-refractivity contribution in [2.45, 2.75) is 13.3 Å². The summed E-state index contributed by atoms with van der Waals surface area (Å²) in [7, 11) is 0. The molecule has 15 heavy (non-hydrogen) atoms. The van der Waals surface area contributed by atoms with Crippen LogP contribution in [0, 0.1) is 0 Å². The topological polar surface area (TPSA) is 22.0 Å². The quantitative estimate of drug-likeness (QED) is 0.741. The molecule has 0 aliphatic rings. The molecule has 0 fully saturated rings. The van der Waals surface area contributed by atoms with E-state index in [1.807, 2.05) is 0 Å². The lowest BCUT2D eigenvalue weighted by molar-refractivity contribution is 0.953. The number of rotatable bonds is 2. The molecule has 0 radical (unpaired) electrons. The van der Waals surface area contributed by atoms with E-state index in [0.717, 1.165) is 12.1 Å². The minimum absolute atomic E-state index is 0.121. The highest BCUT2D eigenvalue weighted by Crippen LogP contribution is 2.05. The molecular weight excluding hydrogens is 186 g/mol. The van der Waals surface area contributed by atoms with Gasteiger partial charge in [-0.25, -0.2) is 0 Å². The highest BCUT2D eigenvalue weighted by atomic mass is 16.1. The molecule has 0 aliphatic heterocycles. The van der Waals surface area contributed by atoms with Crippen LogP contribution in [-0.4, -0.2) is 4.57 Å². The lowest BCUT2D eigenvalue weighted by Gasteiger charge is -2.06. The molecule has 76 valence electrons. The van der Waals surface area contributed by atoms with Crippen molar-refractivity contribution in [3.05, 3.63) is 64.4 Å². The number of para-hydroxylation sites is 1. The van der Waals surface area contributed by atoms with Gasteiger partial charge in [0.25, 0.3) is 5.56 Å². The number of aryl methyl sites for hydroxylation is 1. The summed E-state index contributed by atoms with van der Waals surface area (Å²) in [5.41, 5.74) is -1.36. The van der Waals surface area contributed by atoms with Gasteiger partial charge in [0.1, 0.15) is 0 Å². The Labute approximate surface area is 100 Å². The maximum atomic E-state index is 12.1. The van der Waals surface area contributed by atoms with E-state index in [2.05, 4.69) is 0 Å². The first-order valence-corrected chi connectivity index (χ1v) is 4.29. The highest BCUT2D eigenvalue weighted by molar-refractivity contribution is 5.32. The molecule has 0 atom stereocenters. The molecule has 2 aromatic rings. The van der Waals surface area contributed by atoms with E-state index >= 15 is 0 Å². The first kappa shape index (κ1) is 3.97. The van der Waals surface area contributed by atoms with Crippen LogP contribution in [0.5, 0.6) is 0 Å². The first-order chi connectivity index (χ1) is 10.5. The summed E-state index contributed by atoms with van der Waals surface area (Å²) in [6.07, 6.45) is -2.48. The molecule has 1 heterocycles. The Morgan fingerprint density at radius 1 is 1.33 bits per heavy atom. The zero-order valence-electron chi connectivity index (χ0n) is 16.0. The monoisotopic (exact) mass is 207 g/mol. The van der Waals surface area contributed by atoms with Crippen LogP contribution < -0.4 is 5.56 Å². The van der Waals surface area contributed by atoms with Gasteiger partial charge in [-0.1, -0.05) is 31.1 Å². The number of pyridine rings is 1. The first-order valence-electron chi connectivity index (χ1n) is 8.29. The fourth-order valence-electron chi connectivity index (χ4n) is 1.10. The van der Waals surface area contributed by atoms with E-state index < -0.39 is 54.0 Å². The van der Waals surface area contributed by atoms with Crippen LogP contribution in [0.25, 0.3) is 5.69 Å². The van der Waals surface area contributed by atoms with Gasteiger partial charge in [0.2, 0.25) is 0 Å². The van der Waals surface area contributed by atoms with Gasteiger partial charge >= 0.3 is 0 Å². The van der Waals surface area contributed by atoms with Crippen LogP contribution in [0.1, 0.15) is 23.5 Å². The molecule has 1 aromatic heterocycles. The van der Waals surface area contributed by atoms with E-state index in [1.165, 1.54) is 6.92 Å². The molecule has 0 amide bonds. The lowest BCUT2D eigenvalue weighted by Crippen LogP contribution is -2.16. The van der Waals surface area contributed by atoms with E-state index in [-0.39, 0.29) is 5.56 Å². The zero-order valence-corrected chi connectivity index (χ0v) is 8.01. The van der Waals surface area contributed by atoms with E-state index in [9.17, 15) is 4.79 Å². The Balaban J connectivity index is 2.97. The van der Waals surface area contributed by atoms with Crippen molar-refractivity contribution < 1.29 is 11.0 Å². The average molecular weight is 207 g/mol. The second-order valence-corrected chi connectivity index (χ2v) is 2.76. The molecule has 0 aliphatic carbocycles. The SMILES string of the molecule is [2H]c1c([2H])c([2H])c(-n2c([2H])c(C([2H])([2H])C)ccc2=O)c([2H])c1[2H]. The molecule has 2 heteroatoms. The van der Waals surface area contributed by atoms with Gasteiger partial charge in [-0.2, -0.15) is 0 Å². The number of benzene rings is 1. The van der Waals surface area contributed by atoms with Crippen molar-refractivity contribution in [3.8, 4) is 5.69 Å². The molecule has 1 aromatic carbocycles. The van der Waals surface area contributed by atoms with Gasteiger partial charge in [-0.05, 0) is 24.0 Å². The van der Waals surface area contributed by atoms with E-state index in [0.29, 0.717) is 4.57 Å². The molecule has 2 nitrogen and oxygen atoms in total. The molecule has 0 unspecified atom stereocenters.